The number of hydrogen-bond acceptors (Lipinski definition) is 6. The van der Waals surface area contributed by atoms with E-state index in [4.69, 9.17) is 33.9 Å². The quantitative estimate of drug-likeness (QED) is 0.348. The number of nitrogens with zero attached hydrogens (tertiary/aromatic N) is 5. The minimum Gasteiger partial charge on any atom is -0.368 e. The van der Waals surface area contributed by atoms with Crippen LogP contribution in [0.1, 0.15) is 25.8 Å². The van der Waals surface area contributed by atoms with E-state index in [0.717, 1.165) is 26.8 Å². The fraction of sp³-hybridized carbons (Fsp3) is 0.231. The van der Waals surface area contributed by atoms with Crippen LogP contribution in [-0.2, 0) is 5.41 Å². The van der Waals surface area contributed by atoms with E-state index in [1.54, 1.807) is 45.6 Å². The standard InChI is InChI=1S/C26H26Cl2N6OS/c1-16(8-9-18(28)15-27)33-12-13-34(25(33)35)19-7-5-6-17(14-19)22-21(20-10-11-30-24(29)31-20)32-23(36-22)26(2,3)4/h5-11,14-15H,1,12-13H2,2-4H3,(H2,29,30,31)/b9-8-,18-15-. The summed E-state index contributed by atoms with van der Waals surface area (Å²) in [6.45, 7) is 11.4. The van der Waals surface area contributed by atoms with Crippen molar-refractivity contribution in [1.82, 2.24) is 19.9 Å². The maximum absolute atomic E-state index is 13.2. The van der Waals surface area contributed by atoms with Crippen molar-refractivity contribution in [1.29, 1.82) is 0 Å². The Labute approximate surface area is 224 Å². The topological polar surface area (TPSA) is 88.2 Å². The first-order valence-electron chi connectivity index (χ1n) is 11.2. The molecule has 2 N–H and O–H groups in total. The third kappa shape index (κ3) is 5.46. The molecule has 7 nitrogen and oxygen atoms in total. The van der Waals surface area contributed by atoms with Crippen LogP contribution in [0.3, 0.4) is 0 Å². The van der Waals surface area contributed by atoms with Crippen molar-refractivity contribution in [2.75, 3.05) is 23.7 Å². The summed E-state index contributed by atoms with van der Waals surface area (Å²) in [7, 11) is 0. The second-order valence-corrected chi connectivity index (χ2v) is 10.9. The van der Waals surface area contributed by atoms with Crippen LogP contribution in [0, 0.1) is 0 Å². The van der Waals surface area contributed by atoms with Gasteiger partial charge in [-0.1, -0.05) is 62.7 Å². The number of allylic oxidation sites excluding steroid dienone is 3. The molecule has 3 heterocycles. The molecule has 0 aliphatic carbocycles. The highest BCUT2D eigenvalue weighted by atomic mass is 35.5. The highest BCUT2D eigenvalue weighted by Gasteiger charge is 2.31. The van der Waals surface area contributed by atoms with Gasteiger partial charge in [-0.05, 0) is 35.9 Å². The van der Waals surface area contributed by atoms with E-state index in [2.05, 4.69) is 37.3 Å². The predicted octanol–water partition coefficient (Wildman–Crippen LogP) is 6.78. The molecule has 186 valence electrons. The van der Waals surface area contributed by atoms with E-state index < -0.39 is 0 Å². The summed E-state index contributed by atoms with van der Waals surface area (Å²) in [4.78, 5) is 30.9. The van der Waals surface area contributed by atoms with Crippen LogP contribution >= 0.6 is 34.5 Å². The van der Waals surface area contributed by atoms with Gasteiger partial charge in [0.1, 0.15) is 5.69 Å². The number of benzene rings is 1. The van der Waals surface area contributed by atoms with E-state index in [-0.39, 0.29) is 17.4 Å². The summed E-state index contributed by atoms with van der Waals surface area (Å²) in [5.41, 5.74) is 10.6. The molecule has 3 aromatic rings. The zero-order chi connectivity index (χ0) is 26.0. The van der Waals surface area contributed by atoms with Crippen LogP contribution in [0.4, 0.5) is 16.4 Å². The predicted molar refractivity (Wildman–Crippen MR) is 149 cm³/mol. The highest BCUT2D eigenvalue weighted by Crippen LogP contribution is 2.41. The number of hydrogen-bond donors (Lipinski definition) is 1. The van der Waals surface area contributed by atoms with Gasteiger partial charge in [-0.2, -0.15) is 0 Å². The monoisotopic (exact) mass is 540 g/mol. The lowest BCUT2D eigenvalue weighted by molar-refractivity contribution is 0.232. The molecule has 0 radical (unpaired) electrons. The first-order chi connectivity index (χ1) is 17.1. The van der Waals surface area contributed by atoms with Crippen molar-refractivity contribution in [2.45, 2.75) is 26.2 Å². The third-order valence-electron chi connectivity index (χ3n) is 5.50. The van der Waals surface area contributed by atoms with Gasteiger partial charge in [-0.25, -0.2) is 19.7 Å². The molecule has 0 saturated carbocycles. The van der Waals surface area contributed by atoms with E-state index in [1.165, 1.54) is 5.54 Å². The summed E-state index contributed by atoms with van der Waals surface area (Å²) in [6, 6.07) is 9.52. The molecule has 1 saturated heterocycles. The molecule has 1 aliphatic rings. The second-order valence-electron chi connectivity index (χ2n) is 9.20. The molecule has 1 aliphatic heterocycles. The maximum Gasteiger partial charge on any atom is 0.329 e. The number of carbonyl (C=O) groups is 1. The lowest BCUT2D eigenvalue weighted by atomic mass is 9.98. The number of halogens is 2. The summed E-state index contributed by atoms with van der Waals surface area (Å²) in [5, 5.41) is 1.33. The van der Waals surface area contributed by atoms with Gasteiger partial charge in [0, 0.05) is 41.6 Å². The number of thiazole rings is 1. The first-order valence-corrected chi connectivity index (χ1v) is 12.8. The smallest absolute Gasteiger partial charge is 0.329 e. The van der Waals surface area contributed by atoms with Crippen LogP contribution in [0.15, 0.2) is 71.5 Å². The second kappa shape index (κ2) is 10.4. The minimum atomic E-state index is -0.156. The Kier molecular flexibility index (Phi) is 7.49. The summed E-state index contributed by atoms with van der Waals surface area (Å²) in [6.07, 6.45) is 4.90. The number of nitrogen functional groups attached to an aromatic ring is 1. The number of carbonyl (C=O) groups excluding carboxylic acids is 1. The zero-order valence-electron chi connectivity index (χ0n) is 20.2. The van der Waals surface area contributed by atoms with Crippen molar-refractivity contribution < 1.29 is 4.79 Å². The first kappa shape index (κ1) is 25.9. The molecule has 0 bridgehead atoms. The molecule has 2 amide bonds. The number of aromatic nitrogens is 3. The van der Waals surface area contributed by atoms with Gasteiger partial charge in [0.15, 0.2) is 0 Å². The van der Waals surface area contributed by atoms with Crippen molar-refractivity contribution in [3.05, 3.63) is 76.5 Å². The van der Waals surface area contributed by atoms with Gasteiger partial charge in [-0.3, -0.25) is 9.80 Å². The van der Waals surface area contributed by atoms with Crippen molar-refractivity contribution in [3.63, 3.8) is 0 Å². The Morgan fingerprint density at radius 2 is 1.97 bits per heavy atom. The van der Waals surface area contributed by atoms with Crippen LogP contribution in [0.2, 0.25) is 0 Å². The average molecular weight is 542 g/mol. The lowest BCUT2D eigenvalue weighted by Gasteiger charge is -2.19. The number of rotatable bonds is 6. The number of amides is 2. The van der Waals surface area contributed by atoms with Gasteiger partial charge >= 0.3 is 6.03 Å². The van der Waals surface area contributed by atoms with E-state index >= 15 is 0 Å². The number of nitrogens with two attached hydrogens (primary N) is 1. The molecule has 36 heavy (non-hydrogen) atoms. The Balaban J connectivity index is 1.68. The molecular weight excluding hydrogens is 515 g/mol. The van der Waals surface area contributed by atoms with E-state index in [1.807, 2.05) is 24.3 Å². The summed E-state index contributed by atoms with van der Waals surface area (Å²) < 4.78 is 0. The largest absolute Gasteiger partial charge is 0.368 e. The van der Waals surface area contributed by atoms with Gasteiger partial charge in [0.05, 0.1) is 20.6 Å². The van der Waals surface area contributed by atoms with Crippen LogP contribution < -0.4 is 10.6 Å². The fourth-order valence-electron chi connectivity index (χ4n) is 3.68. The highest BCUT2D eigenvalue weighted by molar-refractivity contribution is 7.15. The molecule has 0 unspecified atom stereocenters. The van der Waals surface area contributed by atoms with Gasteiger partial charge in [0.2, 0.25) is 5.95 Å². The molecule has 2 aromatic heterocycles. The molecule has 4 rings (SSSR count). The molecule has 0 atom stereocenters. The lowest BCUT2D eigenvalue weighted by Crippen LogP contribution is -2.30. The Morgan fingerprint density at radius 3 is 2.67 bits per heavy atom. The Hall–Kier alpha value is -3.20. The van der Waals surface area contributed by atoms with Crippen molar-refractivity contribution in [3.8, 4) is 21.8 Å². The number of urea groups is 1. The van der Waals surface area contributed by atoms with Crippen molar-refractivity contribution in [2.24, 2.45) is 0 Å². The van der Waals surface area contributed by atoms with Crippen molar-refractivity contribution >= 4 is 52.2 Å². The molecule has 10 heteroatoms. The Morgan fingerprint density at radius 1 is 1.19 bits per heavy atom. The summed E-state index contributed by atoms with van der Waals surface area (Å²) >= 11 is 13.1. The van der Waals surface area contributed by atoms with Gasteiger partial charge < -0.3 is 5.73 Å². The number of anilines is 2. The average Bonchev–Trinajstić information content (AvgIpc) is 3.47. The molecular formula is C26H26Cl2N6OS. The molecule has 1 aromatic carbocycles. The zero-order valence-corrected chi connectivity index (χ0v) is 22.5. The summed E-state index contributed by atoms with van der Waals surface area (Å²) in [5.74, 6) is 0.192. The Bertz CT molecular complexity index is 1370. The normalized spacial score (nSPS) is 14.8. The van der Waals surface area contributed by atoms with Gasteiger partial charge in [-0.15, -0.1) is 11.3 Å². The third-order valence-corrected chi connectivity index (χ3v) is 7.61. The SMILES string of the molecule is C=C(/C=C\C(Cl)=C\Cl)N1CCN(c2cccc(-c3sc(C(C)(C)C)nc3-c3ccnc(N)n3)c2)C1=O. The van der Waals surface area contributed by atoms with Crippen LogP contribution in [0.25, 0.3) is 21.8 Å². The van der Waals surface area contributed by atoms with E-state index in [0.29, 0.717) is 29.5 Å². The fourth-order valence-corrected chi connectivity index (χ4v) is 4.94. The van der Waals surface area contributed by atoms with Crippen LogP contribution in [0.5, 0.6) is 0 Å². The minimum absolute atomic E-state index is 0.144. The molecule has 1 fully saturated rings. The maximum atomic E-state index is 13.2. The van der Waals surface area contributed by atoms with E-state index in [9.17, 15) is 4.79 Å². The molecule has 0 spiro atoms. The van der Waals surface area contributed by atoms with Crippen LogP contribution in [-0.4, -0.2) is 39.0 Å². The van der Waals surface area contributed by atoms with Gasteiger partial charge in [0.25, 0.3) is 0 Å².